The summed E-state index contributed by atoms with van der Waals surface area (Å²) in [5.41, 5.74) is 14.0. The van der Waals surface area contributed by atoms with Crippen molar-refractivity contribution in [2.75, 3.05) is 0 Å². The number of nitrogens with zero attached hydrogens (tertiary/aromatic N) is 1. The first kappa shape index (κ1) is 32.9. The minimum absolute atomic E-state index is 0.301. The van der Waals surface area contributed by atoms with Gasteiger partial charge in [-0.25, -0.2) is 0 Å². The predicted molar refractivity (Wildman–Crippen MR) is 226 cm³/mol. The van der Waals surface area contributed by atoms with Gasteiger partial charge in [-0.1, -0.05) is 140 Å². The van der Waals surface area contributed by atoms with E-state index in [9.17, 15) is 0 Å². The maximum absolute atomic E-state index is 4.79. The van der Waals surface area contributed by atoms with Crippen molar-refractivity contribution in [1.29, 1.82) is 0 Å². The monoisotopic (exact) mass is 698 g/mol. The van der Waals surface area contributed by atoms with Crippen molar-refractivity contribution in [2.45, 2.75) is 56.8 Å². The van der Waals surface area contributed by atoms with E-state index in [2.05, 4.69) is 164 Å². The minimum Gasteiger partial charge on any atom is -0.365 e. The van der Waals surface area contributed by atoms with Crippen LogP contribution in [0.25, 0.3) is 33.2 Å². The highest BCUT2D eigenvalue weighted by Crippen LogP contribution is 2.45. The highest BCUT2D eigenvalue weighted by Gasteiger charge is 2.29. The van der Waals surface area contributed by atoms with E-state index in [-0.39, 0.29) is 0 Å². The van der Waals surface area contributed by atoms with Crippen molar-refractivity contribution in [1.82, 2.24) is 9.97 Å². The zero-order valence-electron chi connectivity index (χ0n) is 31.0. The molecule has 0 saturated carbocycles. The molecule has 54 heavy (non-hydrogen) atoms. The van der Waals surface area contributed by atoms with E-state index < -0.39 is 0 Å². The largest absolute Gasteiger partial charge is 0.365 e. The quantitative estimate of drug-likeness (QED) is 0.172. The first-order valence-electron chi connectivity index (χ1n) is 19.9. The van der Waals surface area contributed by atoms with Crippen LogP contribution < -0.4 is 0 Å². The molecule has 264 valence electrons. The van der Waals surface area contributed by atoms with E-state index in [1.807, 2.05) is 12.3 Å². The summed E-state index contributed by atoms with van der Waals surface area (Å²) < 4.78 is 0. The van der Waals surface area contributed by atoms with Gasteiger partial charge in [0.15, 0.2) is 0 Å². The van der Waals surface area contributed by atoms with E-state index >= 15 is 0 Å². The number of hydrogen-bond donors (Lipinski definition) is 1. The Bertz CT molecular complexity index is 2560. The minimum atomic E-state index is 0.301. The van der Waals surface area contributed by atoms with Gasteiger partial charge < -0.3 is 4.98 Å². The zero-order valence-corrected chi connectivity index (χ0v) is 31.0. The number of rotatable bonds is 6. The van der Waals surface area contributed by atoms with E-state index in [0.717, 1.165) is 37.8 Å². The van der Waals surface area contributed by atoms with Crippen LogP contribution in [0.4, 0.5) is 0 Å². The van der Waals surface area contributed by atoms with Crippen molar-refractivity contribution in [3.63, 3.8) is 0 Å². The SMILES string of the molecule is CC1CC=C(C2=CC(c3ccccn3)CC(c3ccc[nH]3)C2)C=C1c1cccc(C2C=CC=C(C3C=Cc4c(c5ccccc5c5ccccc45)C3)C2)c1. The van der Waals surface area contributed by atoms with Gasteiger partial charge in [0.1, 0.15) is 0 Å². The molecule has 6 aromatic rings. The molecule has 0 fully saturated rings. The molecule has 5 unspecified atom stereocenters. The summed E-state index contributed by atoms with van der Waals surface area (Å²) in [6, 6.07) is 38.1. The fourth-order valence-corrected chi connectivity index (χ4v) is 9.84. The number of fused-ring (bicyclic) bond motifs is 6. The van der Waals surface area contributed by atoms with Crippen molar-refractivity contribution in [3.05, 3.63) is 208 Å². The Hall–Kier alpha value is -5.73. The molecule has 0 bridgehead atoms. The molecule has 2 heteroatoms. The second-order valence-electron chi connectivity index (χ2n) is 15.9. The lowest BCUT2D eigenvalue weighted by Gasteiger charge is -2.31. The summed E-state index contributed by atoms with van der Waals surface area (Å²) in [7, 11) is 0. The smallest absolute Gasteiger partial charge is 0.0472 e. The van der Waals surface area contributed by atoms with Gasteiger partial charge in [-0.05, 0) is 123 Å². The molecule has 0 radical (unpaired) electrons. The van der Waals surface area contributed by atoms with Crippen LogP contribution in [-0.2, 0) is 6.42 Å². The summed E-state index contributed by atoms with van der Waals surface area (Å²) in [6.07, 6.45) is 28.8. The number of nitrogens with one attached hydrogen (secondary N) is 1. The van der Waals surface area contributed by atoms with Crippen LogP contribution in [0.15, 0.2) is 175 Å². The molecular formula is C52H46N2. The Morgan fingerprint density at radius 3 is 2.39 bits per heavy atom. The van der Waals surface area contributed by atoms with Gasteiger partial charge in [-0.2, -0.15) is 0 Å². The number of aromatic amines is 1. The van der Waals surface area contributed by atoms with Crippen molar-refractivity contribution >= 4 is 33.2 Å². The third-order valence-electron chi connectivity index (χ3n) is 12.7. The fraction of sp³-hybridized carbons (Fsp3) is 0.212. The van der Waals surface area contributed by atoms with Gasteiger partial charge >= 0.3 is 0 Å². The topological polar surface area (TPSA) is 28.7 Å². The second-order valence-corrected chi connectivity index (χ2v) is 15.9. The molecular weight excluding hydrogens is 653 g/mol. The number of pyridine rings is 1. The fourth-order valence-electron chi connectivity index (χ4n) is 9.84. The van der Waals surface area contributed by atoms with Crippen molar-refractivity contribution in [3.8, 4) is 0 Å². The molecule has 1 N–H and O–H groups in total. The van der Waals surface area contributed by atoms with E-state index in [0.29, 0.717) is 29.6 Å². The molecule has 4 aliphatic carbocycles. The summed E-state index contributed by atoms with van der Waals surface area (Å²) in [5.74, 6) is 1.98. The second kappa shape index (κ2) is 13.9. The van der Waals surface area contributed by atoms with Gasteiger partial charge in [0.05, 0.1) is 0 Å². The molecule has 5 atom stereocenters. The molecule has 2 nitrogen and oxygen atoms in total. The lowest BCUT2D eigenvalue weighted by molar-refractivity contribution is 0.536. The molecule has 2 aromatic heterocycles. The van der Waals surface area contributed by atoms with Gasteiger partial charge in [-0.15, -0.1) is 0 Å². The summed E-state index contributed by atoms with van der Waals surface area (Å²) in [6.45, 7) is 2.39. The van der Waals surface area contributed by atoms with Gasteiger partial charge in [0.25, 0.3) is 0 Å². The van der Waals surface area contributed by atoms with Crippen LogP contribution in [0.1, 0.15) is 84.0 Å². The summed E-state index contributed by atoms with van der Waals surface area (Å²) in [5, 5.41) is 5.48. The molecule has 10 rings (SSSR count). The van der Waals surface area contributed by atoms with Crippen LogP contribution in [-0.4, -0.2) is 9.97 Å². The van der Waals surface area contributed by atoms with Crippen LogP contribution >= 0.6 is 0 Å². The third kappa shape index (κ3) is 6.04. The van der Waals surface area contributed by atoms with Crippen molar-refractivity contribution < 1.29 is 0 Å². The van der Waals surface area contributed by atoms with Crippen LogP contribution in [0, 0.1) is 11.8 Å². The number of H-pyrrole nitrogens is 1. The average molecular weight is 699 g/mol. The van der Waals surface area contributed by atoms with Gasteiger partial charge in [0.2, 0.25) is 0 Å². The number of hydrogen-bond acceptors (Lipinski definition) is 1. The molecule has 2 heterocycles. The Balaban J connectivity index is 0.919. The van der Waals surface area contributed by atoms with E-state index in [4.69, 9.17) is 4.98 Å². The summed E-state index contributed by atoms with van der Waals surface area (Å²) >= 11 is 0. The first-order valence-corrected chi connectivity index (χ1v) is 19.9. The normalized spacial score (nSPS) is 23.8. The van der Waals surface area contributed by atoms with E-state index in [1.54, 1.807) is 0 Å². The molecule has 0 saturated heterocycles. The van der Waals surface area contributed by atoms with E-state index in [1.165, 1.54) is 71.8 Å². The zero-order chi connectivity index (χ0) is 36.0. The number of allylic oxidation sites excluding steroid dienone is 11. The van der Waals surface area contributed by atoms with Crippen LogP contribution in [0.3, 0.4) is 0 Å². The van der Waals surface area contributed by atoms with Crippen molar-refractivity contribution in [2.24, 2.45) is 11.8 Å². The number of benzene rings is 4. The lowest BCUT2D eigenvalue weighted by Crippen LogP contribution is -2.15. The molecule has 4 aromatic carbocycles. The predicted octanol–water partition coefficient (Wildman–Crippen LogP) is 13.2. The maximum Gasteiger partial charge on any atom is 0.0472 e. The van der Waals surface area contributed by atoms with Crippen LogP contribution in [0.2, 0.25) is 0 Å². The molecule has 0 amide bonds. The Kier molecular flexibility index (Phi) is 8.48. The van der Waals surface area contributed by atoms with Crippen LogP contribution in [0.5, 0.6) is 0 Å². The highest BCUT2D eigenvalue weighted by atomic mass is 14.7. The Morgan fingerprint density at radius 1 is 0.722 bits per heavy atom. The Labute approximate surface area is 319 Å². The molecule has 0 aliphatic heterocycles. The Morgan fingerprint density at radius 2 is 1.56 bits per heavy atom. The third-order valence-corrected chi connectivity index (χ3v) is 12.7. The number of aromatic nitrogens is 2. The molecule has 4 aliphatic rings. The van der Waals surface area contributed by atoms with Gasteiger partial charge in [0, 0.05) is 47.5 Å². The first-order chi connectivity index (χ1) is 26.7. The standard InChI is InChI=1S/C52H46N2/c1-34-21-22-39(41-29-42(51-19-6-7-25-53-51)31-43(30-41)52-20-10-26-54-52)32-49(34)40-14-9-13-37(28-40)35-11-8-12-36(27-35)38-23-24-48-46-17-3-2-15-44(46)45-16-4-5-18-47(45)50(48)33-38/h2-20,22-26,28-29,32,34-35,38,42-43,54H,21,27,30-31,33H2,1H3. The summed E-state index contributed by atoms with van der Waals surface area (Å²) in [4.78, 5) is 8.32. The van der Waals surface area contributed by atoms with Gasteiger partial charge in [-0.3, -0.25) is 4.98 Å². The maximum atomic E-state index is 4.79. The lowest BCUT2D eigenvalue weighted by atomic mass is 9.74. The highest BCUT2D eigenvalue weighted by molar-refractivity contribution is 6.13. The average Bonchev–Trinajstić information content (AvgIpc) is 3.80. The molecule has 0 spiro atoms.